The molecular formula is C14H30N3O+. The summed E-state index contributed by atoms with van der Waals surface area (Å²) < 4.78 is 5.90. The fraction of sp³-hybridized carbons (Fsp3) is 1.00. The topological polar surface area (TPSA) is 32.3 Å². The lowest BCUT2D eigenvalue weighted by Crippen LogP contribution is -2.89. The number of hydrogen-bond acceptors (Lipinski definition) is 3. The Kier molecular flexibility index (Phi) is 6.41. The van der Waals surface area contributed by atoms with Gasteiger partial charge in [-0.15, -0.1) is 0 Å². The number of ether oxygens (including phenoxy) is 1. The van der Waals surface area contributed by atoms with Gasteiger partial charge in [0.2, 0.25) is 0 Å². The van der Waals surface area contributed by atoms with Gasteiger partial charge in [0, 0.05) is 39.3 Å². The van der Waals surface area contributed by atoms with Crippen molar-refractivity contribution in [3.05, 3.63) is 0 Å². The van der Waals surface area contributed by atoms with Gasteiger partial charge in [-0.3, -0.25) is 9.80 Å². The van der Waals surface area contributed by atoms with Crippen molar-refractivity contribution in [1.82, 2.24) is 9.80 Å². The molecule has 2 fully saturated rings. The van der Waals surface area contributed by atoms with E-state index in [0.29, 0.717) is 6.10 Å². The molecule has 4 nitrogen and oxygen atoms in total. The molecule has 2 heterocycles. The highest BCUT2D eigenvalue weighted by atomic mass is 16.5. The molecule has 4 heteroatoms. The number of rotatable bonds is 8. The van der Waals surface area contributed by atoms with Crippen LogP contribution >= 0.6 is 0 Å². The maximum atomic E-state index is 5.90. The van der Waals surface area contributed by atoms with Crippen LogP contribution in [0, 0.1) is 0 Å². The molecule has 0 saturated carbocycles. The van der Waals surface area contributed by atoms with Crippen LogP contribution in [0.15, 0.2) is 0 Å². The van der Waals surface area contributed by atoms with Crippen molar-refractivity contribution in [1.29, 1.82) is 0 Å². The van der Waals surface area contributed by atoms with Crippen LogP contribution in [0.1, 0.15) is 26.2 Å². The summed E-state index contributed by atoms with van der Waals surface area (Å²) in [6.45, 7) is 13.1. The molecule has 2 N–H and O–H groups in total. The van der Waals surface area contributed by atoms with Gasteiger partial charge in [0.1, 0.15) is 0 Å². The zero-order chi connectivity index (χ0) is 12.6. The first-order valence-electron chi connectivity index (χ1n) is 7.76. The minimum Gasteiger partial charge on any atom is -0.376 e. The number of quaternary nitrogens is 1. The van der Waals surface area contributed by atoms with E-state index in [2.05, 4.69) is 22.0 Å². The minimum atomic E-state index is 0.525. The second kappa shape index (κ2) is 8.10. The molecule has 0 atom stereocenters. The zero-order valence-electron chi connectivity index (χ0n) is 11.9. The first kappa shape index (κ1) is 14.3. The molecule has 0 aliphatic carbocycles. The molecule has 0 amide bonds. The zero-order valence-corrected chi connectivity index (χ0v) is 11.9. The van der Waals surface area contributed by atoms with Crippen molar-refractivity contribution in [3.63, 3.8) is 0 Å². The van der Waals surface area contributed by atoms with Crippen molar-refractivity contribution < 1.29 is 10.1 Å². The molecule has 2 aliphatic rings. The third kappa shape index (κ3) is 4.84. The monoisotopic (exact) mass is 256 g/mol. The number of nitrogens with zero attached hydrogens (tertiary/aromatic N) is 2. The number of likely N-dealkylation sites (tertiary alicyclic amines) is 1. The highest BCUT2D eigenvalue weighted by Gasteiger charge is 2.26. The predicted octanol–water partition coefficient (Wildman–Crippen LogP) is -0.244. The minimum absolute atomic E-state index is 0.525. The van der Waals surface area contributed by atoms with Gasteiger partial charge in [-0.1, -0.05) is 13.3 Å². The Morgan fingerprint density at radius 1 is 1.06 bits per heavy atom. The fourth-order valence-corrected chi connectivity index (χ4v) is 2.76. The van der Waals surface area contributed by atoms with Gasteiger partial charge in [-0.25, -0.2) is 0 Å². The van der Waals surface area contributed by atoms with Crippen LogP contribution in [0.3, 0.4) is 0 Å². The van der Waals surface area contributed by atoms with E-state index in [0.717, 1.165) is 6.61 Å². The van der Waals surface area contributed by atoms with Gasteiger partial charge in [-0.2, -0.15) is 0 Å². The second-order valence-electron chi connectivity index (χ2n) is 5.67. The number of hydrogen-bond donors (Lipinski definition) is 1. The molecule has 0 bridgehead atoms. The van der Waals surface area contributed by atoms with E-state index in [1.54, 1.807) is 0 Å². The summed E-state index contributed by atoms with van der Waals surface area (Å²) in [5, 5.41) is 2.41. The summed E-state index contributed by atoms with van der Waals surface area (Å²) in [5.41, 5.74) is 0. The summed E-state index contributed by atoms with van der Waals surface area (Å²) in [6.07, 6.45) is 4.36. The van der Waals surface area contributed by atoms with Gasteiger partial charge in [0.15, 0.2) is 0 Å². The molecule has 0 aromatic carbocycles. The number of nitrogens with two attached hydrogens (primary N) is 1. The van der Waals surface area contributed by atoms with Crippen molar-refractivity contribution >= 4 is 0 Å². The summed E-state index contributed by atoms with van der Waals surface area (Å²) in [7, 11) is 0. The lowest BCUT2D eigenvalue weighted by molar-refractivity contribution is -0.663. The standard InChI is InChI=1S/C14H29N3O/c1-2-3-7-17-12-14(13-17)18-11-4-8-16-9-5-15-6-10-16/h14-15H,2-13H2,1H3/p+1. The Labute approximate surface area is 112 Å². The average Bonchev–Trinajstić information content (AvgIpc) is 2.37. The molecule has 18 heavy (non-hydrogen) atoms. The van der Waals surface area contributed by atoms with Crippen LogP contribution in [0.2, 0.25) is 0 Å². The molecule has 106 valence electrons. The SMILES string of the molecule is CCCCN1CC(OCCCN2CC[NH2+]CC2)C1. The highest BCUT2D eigenvalue weighted by Crippen LogP contribution is 2.12. The predicted molar refractivity (Wildman–Crippen MR) is 73.8 cm³/mol. The molecule has 0 radical (unpaired) electrons. The smallest absolute Gasteiger partial charge is 0.0885 e. The first-order chi connectivity index (χ1) is 8.88. The van der Waals surface area contributed by atoms with E-state index in [-0.39, 0.29) is 0 Å². The number of unbranched alkanes of at least 4 members (excludes halogenated alkanes) is 1. The molecular weight excluding hydrogens is 226 g/mol. The molecule has 0 unspecified atom stereocenters. The van der Waals surface area contributed by atoms with E-state index in [1.165, 1.54) is 71.6 Å². The van der Waals surface area contributed by atoms with Crippen LogP contribution in [0.4, 0.5) is 0 Å². The van der Waals surface area contributed by atoms with Crippen molar-refractivity contribution in [2.24, 2.45) is 0 Å². The van der Waals surface area contributed by atoms with E-state index >= 15 is 0 Å². The normalized spacial score (nSPS) is 23.2. The van der Waals surface area contributed by atoms with Crippen LogP contribution in [-0.4, -0.2) is 74.9 Å². The summed E-state index contributed by atoms with van der Waals surface area (Å²) in [4.78, 5) is 5.08. The third-order valence-corrected chi connectivity index (χ3v) is 4.02. The number of piperazine rings is 1. The van der Waals surface area contributed by atoms with E-state index < -0.39 is 0 Å². The van der Waals surface area contributed by atoms with E-state index in [1.807, 2.05) is 0 Å². The van der Waals surface area contributed by atoms with Crippen LogP contribution in [-0.2, 0) is 4.74 Å². The average molecular weight is 256 g/mol. The lowest BCUT2D eigenvalue weighted by atomic mass is 10.1. The molecule has 2 saturated heterocycles. The molecule has 0 aromatic heterocycles. The van der Waals surface area contributed by atoms with Crippen molar-refractivity contribution in [2.45, 2.75) is 32.3 Å². The summed E-state index contributed by atoms with van der Waals surface area (Å²) in [6, 6.07) is 0. The summed E-state index contributed by atoms with van der Waals surface area (Å²) >= 11 is 0. The Balaban J connectivity index is 1.40. The third-order valence-electron chi connectivity index (χ3n) is 4.02. The van der Waals surface area contributed by atoms with Gasteiger partial charge >= 0.3 is 0 Å². The Morgan fingerprint density at radius 2 is 1.78 bits per heavy atom. The highest BCUT2D eigenvalue weighted by molar-refractivity contribution is 4.80. The van der Waals surface area contributed by atoms with Gasteiger partial charge in [-0.05, 0) is 19.4 Å². The maximum absolute atomic E-state index is 5.90. The Hall–Kier alpha value is -0.160. The van der Waals surface area contributed by atoms with E-state index in [9.17, 15) is 0 Å². The Bertz CT molecular complexity index is 213. The van der Waals surface area contributed by atoms with Crippen molar-refractivity contribution in [3.8, 4) is 0 Å². The lowest BCUT2D eigenvalue weighted by Gasteiger charge is -2.39. The molecule has 0 aromatic rings. The fourth-order valence-electron chi connectivity index (χ4n) is 2.76. The van der Waals surface area contributed by atoms with Gasteiger partial charge in [0.05, 0.1) is 19.2 Å². The molecule has 2 rings (SSSR count). The first-order valence-corrected chi connectivity index (χ1v) is 7.76. The van der Waals surface area contributed by atoms with Crippen molar-refractivity contribution in [2.75, 3.05) is 59.0 Å². The van der Waals surface area contributed by atoms with Crippen LogP contribution < -0.4 is 5.32 Å². The molecule has 2 aliphatic heterocycles. The largest absolute Gasteiger partial charge is 0.376 e. The van der Waals surface area contributed by atoms with Crippen LogP contribution in [0.5, 0.6) is 0 Å². The van der Waals surface area contributed by atoms with E-state index in [4.69, 9.17) is 4.74 Å². The summed E-state index contributed by atoms with van der Waals surface area (Å²) in [5.74, 6) is 0. The Morgan fingerprint density at radius 3 is 2.50 bits per heavy atom. The second-order valence-corrected chi connectivity index (χ2v) is 5.67. The molecule has 0 spiro atoms. The van der Waals surface area contributed by atoms with Crippen LogP contribution in [0.25, 0.3) is 0 Å². The van der Waals surface area contributed by atoms with Gasteiger partial charge in [0.25, 0.3) is 0 Å². The van der Waals surface area contributed by atoms with Gasteiger partial charge < -0.3 is 10.1 Å². The quantitative estimate of drug-likeness (QED) is 0.608. The maximum Gasteiger partial charge on any atom is 0.0885 e.